The number of piperidine rings is 4. The largest absolute Gasteiger partial charge is 0.341 e. The molecule has 4 saturated heterocycles. The fourth-order valence-corrected chi connectivity index (χ4v) is 5.89. The van der Waals surface area contributed by atoms with Crippen LogP contribution >= 0.6 is 0 Å². The molecular weight excluding hydrogens is 348 g/mol. The van der Waals surface area contributed by atoms with Crippen molar-refractivity contribution in [1.82, 2.24) is 19.6 Å². The second-order valence-electron chi connectivity index (χ2n) is 9.93. The molecule has 0 aliphatic carbocycles. The molecule has 4 rings (SSSR count). The summed E-state index contributed by atoms with van der Waals surface area (Å²) in [4.78, 5) is 22.8. The topological polar surface area (TPSA) is 30.0 Å². The van der Waals surface area contributed by atoms with Crippen LogP contribution in [-0.4, -0.2) is 96.5 Å². The Hall–Kier alpha value is -0.650. The zero-order valence-electron chi connectivity index (χ0n) is 18.2. The van der Waals surface area contributed by atoms with Gasteiger partial charge in [0.15, 0.2) is 0 Å². The number of rotatable bonds is 4. The van der Waals surface area contributed by atoms with Crippen molar-refractivity contribution in [2.75, 3.05) is 58.9 Å². The van der Waals surface area contributed by atoms with Gasteiger partial charge < -0.3 is 14.7 Å². The lowest BCUT2D eigenvalue weighted by atomic mass is 9.95. The van der Waals surface area contributed by atoms with E-state index in [1.54, 1.807) is 0 Å². The highest BCUT2D eigenvalue weighted by molar-refractivity contribution is 5.78. The monoisotopic (exact) mass is 390 g/mol. The quantitative estimate of drug-likeness (QED) is 0.738. The van der Waals surface area contributed by atoms with Crippen molar-refractivity contribution in [2.45, 2.75) is 76.8 Å². The summed E-state index contributed by atoms with van der Waals surface area (Å²) in [5.74, 6) is 1.29. The summed E-state index contributed by atoms with van der Waals surface area (Å²) in [6, 6.07) is 1.49. The highest BCUT2D eigenvalue weighted by Crippen LogP contribution is 2.24. The Balaban J connectivity index is 1.15. The maximum Gasteiger partial charge on any atom is 0.236 e. The van der Waals surface area contributed by atoms with Gasteiger partial charge in [0.05, 0.1) is 6.54 Å². The third-order valence-electron chi connectivity index (χ3n) is 7.97. The third kappa shape index (κ3) is 5.28. The van der Waals surface area contributed by atoms with E-state index in [2.05, 4.69) is 26.5 Å². The Kier molecular flexibility index (Phi) is 7.29. The van der Waals surface area contributed by atoms with E-state index >= 15 is 0 Å². The summed E-state index contributed by atoms with van der Waals surface area (Å²) in [7, 11) is 0. The molecule has 1 amide bonds. The van der Waals surface area contributed by atoms with Crippen LogP contribution in [0.25, 0.3) is 0 Å². The molecule has 4 aliphatic heterocycles. The molecule has 4 heterocycles. The maximum absolute atomic E-state index is 12.8. The number of amides is 1. The Bertz CT molecular complexity index is 483. The van der Waals surface area contributed by atoms with Crippen LogP contribution < -0.4 is 0 Å². The van der Waals surface area contributed by atoms with Crippen LogP contribution in [0.2, 0.25) is 0 Å². The highest BCUT2D eigenvalue weighted by Gasteiger charge is 2.30. The lowest BCUT2D eigenvalue weighted by molar-refractivity contribution is -0.134. The van der Waals surface area contributed by atoms with E-state index in [0.29, 0.717) is 12.5 Å². The first-order valence-corrected chi connectivity index (χ1v) is 12.2. The Morgan fingerprint density at radius 1 is 0.679 bits per heavy atom. The molecule has 28 heavy (non-hydrogen) atoms. The van der Waals surface area contributed by atoms with Gasteiger partial charge in [-0.25, -0.2) is 0 Å². The lowest BCUT2D eigenvalue weighted by Crippen LogP contribution is -2.52. The molecule has 4 aliphatic rings. The number of carbonyl (C=O) groups excluding carboxylic acids is 1. The van der Waals surface area contributed by atoms with Gasteiger partial charge in [0.1, 0.15) is 0 Å². The molecule has 0 N–H and O–H groups in total. The predicted octanol–water partition coefficient (Wildman–Crippen LogP) is 2.66. The van der Waals surface area contributed by atoms with E-state index in [1.165, 1.54) is 84.0 Å². The lowest BCUT2D eigenvalue weighted by Gasteiger charge is -2.42. The fourth-order valence-electron chi connectivity index (χ4n) is 5.89. The van der Waals surface area contributed by atoms with Crippen LogP contribution in [0.15, 0.2) is 0 Å². The average Bonchev–Trinajstić information content (AvgIpc) is 2.76. The van der Waals surface area contributed by atoms with Gasteiger partial charge in [-0.3, -0.25) is 9.69 Å². The first-order chi connectivity index (χ1) is 13.7. The molecule has 160 valence electrons. The second kappa shape index (κ2) is 9.90. The number of likely N-dealkylation sites (tertiary alicyclic amines) is 4. The van der Waals surface area contributed by atoms with Gasteiger partial charge in [-0.15, -0.1) is 0 Å². The second-order valence-corrected chi connectivity index (χ2v) is 9.93. The summed E-state index contributed by atoms with van der Waals surface area (Å²) in [5.41, 5.74) is 0. The first-order valence-electron chi connectivity index (χ1n) is 12.2. The molecule has 0 unspecified atom stereocenters. The molecule has 0 aromatic rings. The standard InChI is InChI=1S/C23H42N4O/c1-20-5-15-26(16-6-20)21-7-13-24(14-8-21)19-23(28)27-17-9-22(10-18-27)25-11-3-2-4-12-25/h20-22H,2-19H2,1H3. The molecule has 0 atom stereocenters. The van der Waals surface area contributed by atoms with Crippen LogP contribution in [-0.2, 0) is 4.79 Å². The van der Waals surface area contributed by atoms with E-state index in [1.807, 2.05) is 0 Å². The normalized spacial score (nSPS) is 28.7. The smallest absolute Gasteiger partial charge is 0.236 e. The van der Waals surface area contributed by atoms with E-state index < -0.39 is 0 Å². The van der Waals surface area contributed by atoms with Gasteiger partial charge in [-0.1, -0.05) is 13.3 Å². The zero-order chi connectivity index (χ0) is 19.3. The molecule has 0 radical (unpaired) electrons. The Morgan fingerprint density at radius 2 is 1.21 bits per heavy atom. The van der Waals surface area contributed by atoms with Crippen molar-refractivity contribution in [3.8, 4) is 0 Å². The maximum atomic E-state index is 12.8. The SMILES string of the molecule is CC1CCN(C2CCN(CC(=O)N3CCC(N4CCCCC4)CC3)CC2)CC1. The first kappa shape index (κ1) is 20.6. The van der Waals surface area contributed by atoms with Crippen molar-refractivity contribution in [2.24, 2.45) is 5.92 Å². The predicted molar refractivity (Wildman–Crippen MR) is 114 cm³/mol. The molecule has 0 aromatic heterocycles. The highest BCUT2D eigenvalue weighted by atomic mass is 16.2. The molecule has 5 nitrogen and oxygen atoms in total. The van der Waals surface area contributed by atoms with Crippen LogP contribution in [0, 0.1) is 5.92 Å². The molecule has 0 spiro atoms. The zero-order valence-corrected chi connectivity index (χ0v) is 18.2. The minimum Gasteiger partial charge on any atom is -0.341 e. The van der Waals surface area contributed by atoms with Crippen LogP contribution in [0.5, 0.6) is 0 Å². The van der Waals surface area contributed by atoms with Crippen molar-refractivity contribution < 1.29 is 4.79 Å². The van der Waals surface area contributed by atoms with Crippen molar-refractivity contribution in [3.63, 3.8) is 0 Å². The van der Waals surface area contributed by atoms with Gasteiger partial charge >= 0.3 is 0 Å². The Morgan fingerprint density at radius 3 is 1.82 bits per heavy atom. The molecule has 0 bridgehead atoms. The molecule has 4 fully saturated rings. The Labute approximate surface area is 172 Å². The van der Waals surface area contributed by atoms with Crippen molar-refractivity contribution in [3.05, 3.63) is 0 Å². The summed E-state index contributed by atoms with van der Waals surface area (Å²) in [5, 5.41) is 0. The fraction of sp³-hybridized carbons (Fsp3) is 0.957. The van der Waals surface area contributed by atoms with Crippen LogP contribution in [0.1, 0.15) is 64.7 Å². The van der Waals surface area contributed by atoms with Gasteiger partial charge in [0.2, 0.25) is 5.91 Å². The number of nitrogens with zero attached hydrogens (tertiary/aromatic N) is 4. The number of hydrogen-bond donors (Lipinski definition) is 0. The third-order valence-corrected chi connectivity index (χ3v) is 7.97. The summed E-state index contributed by atoms with van der Waals surface area (Å²) >= 11 is 0. The summed E-state index contributed by atoms with van der Waals surface area (Å²) < 4.78 is 0. The van der Waals surface area contributed by atoms with Crippen LogP contribution in [0.4, 0.5) is 0 Å². The minimum atomic E-state index is 0.377. The summed E-state index contributed by atoms with van der Waals surface area (Å²) in [6.45, 7) is 12.3. The van der Waals surface area contributed by atoms with Crippen molar-refractivity contribution >= 4 is 5.91 Å². The van der Waals surface area contributed by atoms with E-state index in [9.17, 15) is 4.79 Å². The molecule has 0 aromatic carbocycles. The van der Waals surface area contributed by atoms with Gasteiger partial charge in [-0.05, 0) is 83.5 Å². The number of carbonyl (C=O) groups is 1. The van der Waals surface area contributed by atoms with Gasteiger partial charge in [-0.2, -0.15) is 0 Å². The number of hydrogen-bond acceptors (Lipinski definition) is 4. The van der Waals surface area contributed by atoms with E-state index in [4.69, 9.17) is 0 Å². The summed E-state index contributed by atoms with van der Waals surface area (Å²) in [6.07, 6.45) is 11.7. The molecule has 5 heteroatoms. The molecule has 0 saturated carbocycles. The van der Waals surface area contributed by atoms with Crippen LogP contribution in [0.3, 0.4) is 0 Å². The van der Waals surface area contributed by atoms with E-state index in [0.717, 1.165) is 44.2 Å². The minimum absolute atomic E-state index is 0.377. The van der Waals surface area contributed by atoms with Gasteiger partial charge in [0.25, 0.3) is 0 Å². The van der Waals surface area contributed by atoms with Gasteiger partial charge in [0, 0.05) is 38.3 Å². The molecular formula is C23H42N4O. The van der Waals surface area contributed by atoms with Crippen molar-refractivity contribution in [1.29, 1.82) is 0 Å². The van der Waals surface area contributed by atoms with E-state index in [-0.39, 0.29) is 0 Å². The average molecular weight is 391 g/mol.